The van der Waals surface area contributed by atoms with E-state index < -0.39 is 0 Å². The fourth-order valence-corrected chi connectivity index (χ4v) is 3.33. The van der Waals surface area contributed by atoms with Crippen molar-refractivity contribution in [3.8, 4) is 22.1 Å². The summed E-state index contributed by atoms with van der Waals surface area (Å²) in [7, 11) is 1.35. The van der Waals surface area contributed by atoms with Crippen molar-refractivity contribution in [2.24, 2.45) is 0 Å². The molecule has 1 aliphatic rings. The van der Waals surface area contributed by atoms with Crippen LogP contribution in [0.4, 0.5) is 0 Å². The lowest BCUT2D eigenvalue weighted by Crippen LogP contribution is -1.97. The first-order valence-corrected chi connectivity index (χ1v) is 7.93. The van der Waals surface area contributed by atoms with E-state index in [9.17, 15) is 4.79 Å². The fraction of sp³-hybridized carbons (Fsp3) is 0.286. The van der Waals surface area contributed by atoms with Gasteiger partial charge in [-0.25, -0.2) is 9.78 Å². The first kappa shape index (κ1) is 14.3. The molecule has 0 unspecified atom stereocenters. The smallest absolute Gasteiger partial charge is 0.349 e. The van der Waals surface area contributed by atoms with Crippen molar-refractivity contribution < 1.29 is 19.0 Å². The third-order valence-corrected chi connectivity index (χ3v) is 4.56. The van der Waals surface area contributed by atoms with Crippen LogP contribution in [0.15, 0.2) is 22.8 Å². The van der Waals surface area contributed by atoms with Crippen LogP contribution in [-0.2, 0) is 4.74 Å². The van der Waals surface area contributed by atoms with Gasteiger partial charge in [0.05, 0.1) is 31.0 Å². The van der Waals surface area contributed by atoms with Crippen LogP contribution in [-0.4, -0.2) is 31.3 Å². The summed E-state index contributed by atoms with van der Waals surface area (Å²) in [6, 6.07) is 3.79. The average molecular weight is 370 g/mol. The highest BCUT2D eigenvalue weighted by Gasteiger charge is 2.18. The van der Waals surface area contributed by atoms with Gasteiger partial charge in [0.2, 0.25) is 0 Å². The van der Waals surface area contributed by atoms with Crippen molar-refractivity contribution in [1.29, 1.82) is 0 Å². The van der Waals surface area contributed by atoms with Crippen LogP contribution in [0.25, 0.3) is 10.6 Å². The Morgan fingerprint density at radius 1 is 1.38 bits per heavy atom. The fourth-order valence-electron chi connectivity index (χ4n) is 1.96. The number of benzene rings is 1. The third-order valence-electron chi connectivity index (χ3n) is 2.94. The summed E-state index contributed by atoms with van der Waals surface area (Å²) in [6.07, 6.45) is 2.36. The first-order valence-electron chi connectivity index (χ1n) is 6.32. The van der Waals surface area contributed by atoms with E-state index in [1.807, 2.05) is 12.1 Å². The molecule has 1 aliphatic heterocycles. The molecule has 3 rings (SSSR count). The van der Waals surface area contributed by atoms with Gasteiger partial charge in [0, 0.05) is 12.0 Å². The molecule has 1 aromatic heterocycles. The van der Waals surface area contributed by atoms with E-state index in [1.165, 1.54) is 24.6 Å². The van der Waals surface area contributed by atoms with Gasteiger partial charge in [0.1, 0.15) is 9.88 Å². The number of carbonyl (C=O) groups excluding carboxylic acids is 1. The van der Waals surface area contributed by atoms with Crippen molar-refractivity contribution in [2.75, 3.05) is 20.3 Å². The maximum absolute atomic E-state index is 11.5. The van der Waals surface area contributed by atoms with Crippen molar-refractivity contribution in [1.82, 2.24) is 4.98 Å². The molecule has 21 heavy (non-hydrogen) atoms. The van der Waals surface area contributed by atoms with Gasteiger partial charge >= 0.3 is 5.97 Å². The summed E-state index contributed by atoms with van der Waals surface area (Å²) in [5, 5.41) is 0.728. The van der Waals surface area contributed by atoms with Crippen LogP contribution in [0, 0.1) is 0 Å². The second kappa shape index (κ2) is 6.03. The number of esters is 1. The van der Waals surface area contributed by atoms with Crippen LogP contribution < -0.4 is 9.47 Å². The maximum atomic E-state index is 11.5. The van der Waals surface area contributed by atoms with Gasteiger partial charge in [-0.1, -0.05) is 0 Å². The summed E-state index contributed by atoms with van der Waals surface area (Å²) in [5.74, 6) is 1.01. The number of rotatable bonds is 2. The van der Waals surface area contributed by atoms with Crippen molar-refractivity contribution in [2.45, 2.75) is 6.42 Å². The van der Waals surface area contributed by atoms with Crippen molar-refractivity contribution in [3.63, 3.8) is 0 Å². The second-order valence-electron chi connectivity index (χ2n) is 4.36. The number of ether oxygens (including phenoxy) is 3. The highest BCUT2D eigenvalue weighted by molar-refractivity contribution is 9.10. The lowest BCUT2D eigenvalue weighted by molar-refractivity contribution is 0.0606. The highest BCUT2D eigenvalue weighted by atomic mass is 79.9. The zero-order valence-electron chi connectivity index (χ0n) is 11.2. The zero-order valence-corrected chi connectivity index (χ0v) is 13.6. The minimum Gasteiger partial charge on any atom is -0.489 e. The minimum atomic E-state index is -0.382. The molecule has 0 fully saturated rings. The topological polar surface area (TPSA) is 57.7 Å². The summed E-state index contributed by atoms with van der Waals surface area (Å²) in [5.41, 5.74) is 0.867. The quantitative estimate of drug-likeness (QED) is 0.758. The van der Waals surface area contributed by atoms with Gasteiger partial charge in [0.25, 0.3) is 0 Å². The first-order chi connectivity index (χ1) is 10.2. The molecular formula is C14H12BrNO4S. The molecule has 7 heteroatoms. The molecule has 0 spiro atoms. The lowest BCUT2D eigenvalue weighted by Gasteiger charge is -2.10. The molecule has 0 atom stereocenters. The Morgan fingerprint density at radius 3 is 3.00 bits per heavy atom. The zero-order chi connectivity index (χ0) is 14.8. The van der Waals surface area contributed by atoms with E-state index in [2.05, 4.69) is 20.9 Å². The number of thiazole rings is 1. The molecule has 0 bridgehead atoms. The van der Waals surface area contributed by atoms with Gasteiger partial charge in [-0.3, -0.25) is 0 Å². The number of halogens is 1. The van der Waals surface area contributed by atoms with E-state index in [4.69, 9.17) is 14.2 Å². The monoisotopic (exact) mass is 369 g/mol. The number of fused-ring (bicyclic) bond motifs is 1. The van der Waals surface area contributed by atoms with E-state index >= 15 is 0 Å². The van der Waals surface area contributed by atoms with Gasteiger partial charge in [0.15, 0.2) is 11.5 Å². The number of methoxy groups -OCH3 is 1. The molecule has 2 aromatic rings. The van der Waals surface area contributed by atoms with E-state index in [0.29, 0.717) is 29.6 Å². The molecule has 0 aliphatic carbocycles. The van der Waals surface area contributed by atoms with Crippen molar-refractivity contribution >= 4 is 33.2 Å². The average Bonchev–Trinajstić information content (AvgIpc) is 2.86. The van der Waals surface area contributed by atoms with E-state index in [1.54, 1.807) is 0 Å². The summed E-state index contributed by atoms with van der Waals surface area (Å²) < 4.78 is 16.9. The molecule has 5 nitrogen and oxygen atoms in total. The SMILES string of the molecule is COC(=O)c1cnc(-c2cc(Br)c3c(c2)OCCCO3)s1. The Morgan fingerprint density at radius 2 is 2.19 bits per heavy atom. The minimum absolute atomic E-state index is 0.382. The summed E-state index contributed by atoms with van der Waals surface area (Å²) >= 11 is 4.77. The van der Waals surface area contributed by atoms with E-state index in [-0.39, 0.29) is 5.97 Å². The largest absolute Gasteiger partial charge is 0.489 e. The Balaban J connectivity index is 1.99. The number of nitrogens with zero attached hydrogens (tertiary/aromatic N) is 1. The third kappa shape index (κ3) is 2.89. The lowest BCUT2D eigenvalue weighted by atomic mass is 10.2. The molecule has 1 aromatic carbocycles. The molecule has 0 saturated heterocycles. The van der Waals surface area contributed by atoms with Crippen LogP contribution in [0.3, 0.4) is 0 Å². The molecule has 110 valence electrons. The van der Waals surface area contributed by atoms with Gasteiger partial charge < -0.3 is 14.2 Å². The molecule has 0 amide bonds. The number of hydrogen-bond acceptors (Lipinski definition) is 6. The standard InChI is InChI=1S/C14H12BrNO4S/c1-18-14(17)11-7-16-13(21-11)8-5-9(15)12-10(6-8)19-3-2-4-20-12/h5-7H,2-4H2,1H3. The summed E-state index contributed by atoms with van der Waals surface area (Å²) in [6.45, 7) is 1.25. The predicted octanol–water partition coefficient (Wildman–Crippen LogP) is 3.52. The Bertz CT molecular complexity index is 686. The van der Waals surface area contributed by atoms with Gasteiger partial charge in [-0.15, -0.1) is 11.3 Å². The summed E-state index contributed by atoms with van der Waals surface area (Å²) in [4.78, 5) is 16.2. The van der Waals surface area contributed by atoms with E-state index in [0.717, 1.165) is 21.5 Å². The molecule has 0 saturated carbocycles. The predicted molar refractivity (Wildman–Crippen MR) is 82.2 cm³/mol. The number of aromatic nitrogens is 1. The number of carbonyl (C=O) groups is 1. The highest BCUT2D eigenvalue weighted by Crippen LogP contribution is 2.41. The van der Waals surface area contributed by atoms with Crippen LogP contribution in [0.1, 0.15) is 16.1 Å². The van der Waals surface area contributed by atoms with Gasteiger partial charge in [-0.2, -0.15) is 0 Å². The van der Waals surface area contributed by atoms with Gasteiger partial charge in [-0.05, 0) is 28.1 Å². The van der Waals surface area contributed by atoms with Crippen LogP contribution in [0.5, 0.6) is 11.5 Å². The Hall–Kier alpha value is -1.60. The molecule has 0 radical (unpaired) electrons. The number of hydrogen-bond donors (Lipinski definition) is 0. The van der Waals surface area contributed by atoms with Crippen LogP contribution in [0.2, 0.25) is 0 Å². The van der Waals surface area contributed by atoms with Crippen LogP contribution >= 0.6 is 27.3 Å². The Labute approximate surface area is 134 Å². The molecule has 0 N–H and O–H groups in total. The molecule has 2 heterocycles. The molecular weight excluding hydrogens is 358 g/mol. The Kier molecular flexibility index (Phi) is 4.12. The maximum Gasteiger partial charge on any atom is 0.349 e. The normalized spacial score (nSPS) is 13.6. The van der Waals surface area contributed by atoms with Crippen molar-refractivity contribution in [3.05, 3.63) is 27.7 Å². The second-order valence-corrected chi connectivity index (χ2v) is 6.24.